The summed E-state index contributed by atoms with van der Waals surface area (Å²) in [4.78, 5) is -0.178. The Kier molecular flexibility index (Phi) is 12.9. The maximum absolute atomic E-state index is 10.4. The standard InChI is InChI=1S/C38H42OPSi.C7H8O3S/c1-5-21-37(39-41(38(2,3)4,35-28-17-9-18-29-35)36-30-19-10-20-31-36)40(32-22-11-6-12-23-32,33-24-13-7-14-25-33)34-26-15-8-16-27-34;1-6-2-4-7(5-3-6)11(8,9)10/h6-20,22-31,37H,5,21H2,1-4H3;2-5H,1H3,(H,8,9,10)/q+1;/p-1. The van der Waals surface area contributed by atoms with E-state index in [4.69, 9.17) is 4.43 Å². The van der Waals surface area contributed by atoms with Crippen molar-refractivity contribution in [3.8, 4) is 0 Å². The Morgan fingerprint density at radius 3 is 1.25 bits per heavy atom. The van der Waals surface area contributed by atoms with Crippen molar-refractivity contribution in [2.24, 2.45) is 0 Å². The molecular formula is C45H49O4PSSi. The zero-order chi connectivity index (χ0) is 37.2. The predicted octanol–water partition coefficient (Wildman–Crippen LogP) is 8.58. The van der Waals surface area contributed by atoms with Crippen LogP contribution < -0.4 is 26.3 Å². The fourth-order valence-electron chi connectivity index (χ4n) is 7.11. The molecular weight excluding hydrogens is 696 g/mol. The van der Waals surface area contributed by atoms with Gasteiger partial charge >= 0.3 is 0 Å². The lowest BCUT2D eigenvalue weighted by Crippen LogP contribution is -2.68. The van der Waals surface area contributed by atoms with E-state index in [9.17, 15) is 13.0 Å². The molecule has 0 aliphatic carbocycles. The van der Waals surface area contributed by atoms with Gasteiger partial charge in [-0.3, -0.25) is 0 Å². The summed E-state index contributed by atoms with van der Waals surface area (Å²) >= 11 is 0. The average molecular weight is 745 g/mol. The van der Waals surface area contributed by atoms with Gasteiger partial charge in [0.1, 0.15) is 33.3 Å². The van der Waals surface area contributed by atoms with Gasteiger partial charge in [0, 0.05) is 6.42 Å². The van der Waals surface area contributed by atoms with E-state index in [0.29, 0.717) is 0 Å². The van der Waals surface area contributed by atoms with Gasteiger partial charge in [-0.2, -0.15) is 0 Å². The van der Waals surface area contributed by atoms with Gasteiger partial charge in [0.25, 0.3) is 8.32 Å². The van der Waals surface area contributed by atoms with Crippen molar-refractivity contribution in [2.45, 2.75) is 63.2 Å². The molecule has 0 radical (unpaired) electrons. The van der Waals surface area contributed by atoms with Crippen LogP contribution in [-0.2, 0) is 14.5 Å². The fraction of sp³-hybridized carbons (Fsp3) is 0.200. The van der Waals surface area contributed by atoms with E-state index < -0.39 is 25.7 Å². The third-order valence-electron chi connectivity index (χ3n) is 9.50. The predicted molar refractivity (Wildman–Crippen MR) is 222 cm³/mol. The second-order valence-electron chi connectivity index (χ2n) is 14.0. The molecule has 0 aliphatic rings. The summed E-state index contributed by atoms with van der Waals surface area (Å²) in [5, 5.41) is 6.65. The molecule has 0 fully saturated rings. The molecule has 0 heterocycles. The van der Waals surface area contributed by atoms with Crippen molar-refractivity contribution in [1.29, 1.82) is 0 Å². The van der Waals surface area contributed by atoms with E-state index in [0.717, 1.165) is 18.4 Å². The van der Waals surface area contributed by atoms with Crippen LogP contribution in [0, 0.1) is 6.92 Å². The van der Waals surface area contributed by atoms with Crippen LogP contribution in [-0.4, -0.2) is 27.1 Å². The maximum atomic E-state index is 10.4. The van der Waals surface area contributed by atoms with E-state index in [1.807, 2.05) is 6.92 Å². The van der Waals surface area contributed by atoms with Gasteiger partial charge in [-0.05, 0) is 77.3 Å². The molecule has 0 amide bonds. The molecule has 0 spiro atoms. The molecule has 52 heavy (non-hydrogen) atoms. The van der Waals surface area contributed by atoms with Crippen LogP contribution in [0.1, 0.15) is 46.1 Å². The lowest BCUT2D eigenvalue weighted by Gasteiger charge is -2.47. The van der Waals surface area contributed by atoms with Gasteiger partial charge in [-0.1, -0.05) is 161 Å². The van der Waals surface area contributed by atoms with Gasteiger partial charge in [0.2, 0.25) is 0 Å². The van der Waals surface area contributed by atoms with Gasteiger partial charge < -0.3 is 8.98 Å². The summed E-state index contributed by atoms with van der Waals surface area (Å²) < 4.78 is 39.3. The maximum Gasteiger partial charge on any atom is 0.266 e. The molecule has 1 atom stereocenters. The van der Waals surface area contributed by atoms with E-state index >= 15 is 0 Å². The highest BCUT2D eigenvalue weighted by molar-refractivity contribution is 7.96. The first-order valence-electron chi connectivity index (χ1n) is 17.8. The van der Waals surface area contributed by atoms with Gasteiger partial charge in [0.05, 0.1) is 4.90 Å². The third kappa shape index (κ3) is 8.38. The molecule has 1 unspecified atom stereocenters. The largest absolute Gasteiger partial charge is 0.744 e. The Bertz CT molecular complexity index is 1940. The summed E-state index contributed by atoms with van der Waals surface area (Å²) in [5.74, 6) is -0.00833. The minimum atomic E-state index is -4.27. The molecule has 0 aliphatic heterocycles. The van der Waals surface area contributed by atoms with Crippen LogP contribution in [0.5, 0.6) is 0 Å². The molecule has 0 saturated carbocycles. The van der Waals surface area contributed by atoms with E-state index in [1.165, 1.54) is 38.4 Å². The smallest absolute Gasteiger partial charge is 0.266 e. The highest BCUT2D eigenvalue weighted by Crippen LogP contribution is 2.62. The Hall–Kier alpha value is -4.16. The monoisotopic (exact) mass is 744 g/mol. The minimum Gasteiger partial charge on any atom is -0.744 e. The van der Waals surface area contributed by atoms with Crippen LogP contribution in [0.2, 0.25) is 5.04 Å². The van der Waals surface area contributed by atoms with E-state index in [-0.39, 0.29) is 15.8 Å². The van der Waals surface area contributed by atoms with Crippen molar-refractivity contribution in [3.63, 3.8) is 0 Å². The number of hydrogen-bond donors (Lipinski definition) is 0. The Morgan fingerprint density at radius 2 is 0.942 bits per heavy atom. The van der Waals surface area contributed by atoms with Gasteiger partial charge in [-0.25, -0.2) is 8.42 Å². The Morgan fingerprint density at radius 1 is 0.596 bits per heavy atom. The van der Waals surface area contributed by atoms with Crippen molar-refractivity contribution >= 4 is 52.0 Å². The lowest BCUT2D eigenvalue weighted by atomic mass is 10.2. The second kappa shape index (κ2) is 17.1. The number of benzene rings is 6. The van der Waals surface area contributed by atoms with Crippen LogP contribution in [0.3, 0.4) is 0 Å². The Labute approximate surface area is 312 Å². The number of hydrogen-bond acceptors (Lipinski definition) is 4. The first-order valence-corrected chi connectivity index (χ1v) is 23.0. The van der Waals surface area contributed by atoms with Crippen molar-refractivity contribution in [3.05, 3.63) is 181 Å². The van der Waals surface area contributed by atoms with Crippen LogP contribution in [0.15, 0.2) is 181 Å². The molecule has 7 heteroatoms. The second-order valence-corrected chi connectivity index (χ2v) is 23.2. The van der Waals surface area contributed by atoms with Gasteiger partial charge in [0.15, 0.2) is 5.85 Å². The summed E-state index contributed by atoms with van der Waals surface area (Å²) in [7, 11) is -9.37. The SMILES string of the molecule is CCCC(O[Si](c1ccccc1)(c1ccccc1)C(C)(C)C)[P+](c1ccccc1)(c1ccccc1)c1ccccc1.Cc1ccc(S(=O)(=O)[O-])cc1. The lowest BCUT2D eigenvalue weighted by molar-refractivity contribution is 0.253. The molecule has 6 rings (SSSR count). The van der Waals surface area contributed by atoms with Crippen LogP contribution in [0.4, 0.5) is 0 Å². The first kappa shape index (κ1) is 39.1. The number of rotatable bonds is 11. The van der Waals surface area contributed by atoms with E-state index in [2.05, 4.69) is 179 Å². The van der Waals surface area contributed by atoms with Crippen LogP contribution >= 0.6 is 7.26 Å². The summed E-state index contributed by atoms with van der Waals surface area (Å²) in [5.41, 5.74) is 0.928. The van der Waals surface area contributed by atoms with Gasteiger partial charge in [-0.15, -0.1) is 0 Å². The normalized spacial score (nSPS) is 12.7. The minimum absolute atomic E-state index is 0.00833. The molecule has 0 bridgehead atoms. The topological polar surface area (TPSA) is 66.4 Å². The van der Waals surface area contributed by atoms with Crippen molar-refractivity contribution in [2.75, 3.05) is 0 Å². The van der Waals surface area contributed by atoms with Crippen LogP contribution in [0.25, 0.3) is 0 Å². The van der Waals surface area contributed by atoms with Crippen molar-refractivity contribution in [1.82, 2.24) is 0 Å². The zero-order valence-corrected chi connectivity index (χ0v) is 33.4. The van der Waals surface area contributed by atoms with E-state index in [1.54, 1.807) is 12.1 Å². The fourth-order valence-corrected chi connectivity index (χ4v) is 17.7. The Balaban J connectivity index is 0.000000407. The highest BCUT2D eigenvalue weighted by atomic mass is 32.2. The molecule has 0 aromatic heterocycles. The summed E-state index contributed by atoms with van der Waals surface area (Å²) in [6.45, 7) is 11.3. The number of aryl methyl sites for hydroxylation is 1. The third-order valence-corrected chi connectivity index (χ3v) is 20.2. The van der Waals surface area contributed by atoms with Crippen molar-refractivity contribution < 1.29 is 17.4 Å². The summed E-state index contributed by atoms with van der Waals surface area (Å²) in [6, 6.07) is 61.6. The molecule has 6 aromatic rings. The molecule has 4 nitrogen and oxygen atoms in total. The quantitative estimate of drug-likeness (QED) is 0.0758. The molecule has 268 valence electrons. The summed E-state index contributed by atoms with van der Waals surface area (Å²) in [6.07, 6.45) is 2.01. The zero-order valence-electron chi connectivity index (χ0n) is 30.7. The average Bonchev–Trinajstić information content (AvgIpc) is 3.16. The molecule has 0 saturated heterocycles. The molecule has 0 N–H and O–H groups in total. The first-order chi connectivity index (χ1) is 24.9. The molecule has 6 aromatic carbocycles. The highest BCUT2D eigenvalue weighted by Gasteiger charge is 2.59.